The average molecular weight is 287 g/mol. The van der Waals surface area contributed by atoms with Crippen LogP contribution < -0.4 is 15.0 Å². The van der Waals surface area contributed by atoms with E-state index in [1.54, 1.807) is 36.5 Å². The summed E-state index contributed by atoms with van der Waals surface area (Å²) in [7, 11) is 0. The fourth-order valence-electron chi connectivity index (χ4n) is 1.93. The van der Waals surface area contributed by atoms with Gasteiger partial charge in [0.15, 0.2) is 5.75 Å². The molecule has 2 aromatic rings. The first-order valence-corrected chi connectivity index (χ1v) is 6.40. The third-order valence-electron chi connectivity index (χ3n) is 2.82. The van der Waals surface area contributed by atoms with E-state index in [0.29, 0.717) is 22.1 Å². The topological polar surface area (TPSA) is 41.6 Å². The molecule has 5 heteroatoms. The van der Waals surface area contributed by atoms with Gasteiger partial charge in [0.25, 0.3) is 0 Å². The van der Waals surface area contributed by atoms with E-state index in [0.717, 1.165) is 0 Å². The van der Waals surface area contributed by atoms with E-state index < -0.39 is 0 Å². The normalized spacial score (nSPS) is 12.6. The molecule has 0 aromatic heterocycles. The summed E-state index contributed by atoms with van der Waals surface area (Å²) in [4.78, 5) is 13.8. The Morgan fingerprint density at radius 3 is 2.85 bits per heavy atom. The predicted molar refractivity (Wildman–Crippen MR) is 79.2 cm³/mol. The Morgan fingerprint density at radius 2 is 2.00 bits per heavy atom. The standard InChI is InChI=1S/C15H11ClN2O2/c16-11-4-3-5-12(10-11)17-15(19)18-8-9-20-14-7-2-1-6-13(14)18/h1-10H,(H,17,19). The van der Waals surface area contributed by atoms with Crippen molar-refractivity contribution in [2.24, 2.45) is 0 Å². The zero-order valence-electron chi connectivity index (χ0n) is 10.4. The number of benzene rings is 2. The molecule has 0 atom stereocenters. The fourth-order valence-corrected chi connectivity index (χ4v) is 2.12. The van der Waals surface area contributed by atoms with Gasteiger partial charge >= 0.3 is 6.03 Å². The molecule has 1 N–H and O–H groups in total. The summed E-state index contributed by atoms with van der Waals surface area (Å²) in [5.41, 5.74) is 1.33. The number of hydrogen-bond acceptors (Lipinski definition) is 2. The van der Waals surface area contributed by atoms with Gasteiger partial charge in [-0.3, -0.25) is 4.90 Å². The Balaban J connectivity index is 1.84. The quantitative estimate of drug-likeness (QED) is 0.852. The number of ether oxygens (including phenoxy) is 1. The maximum absolute atomic E-state index is 12.3. The number of urea groups is 1. The van der Waals surface area contributed by atoms with Crippen LogP contribution in [0.1, 0.15) is 0 Å². The number of carbonyl (C=O) groups excluding carboxylic acids is 1. The Kier molecular flexibility index (Phi) is 3.31. The molecule has 1 aliphatic rings. The number of nitrogens with one attached hydrogen (secondary N) is 1. The number of carbonyl (C=O) groups is 1. The second-order valence-electron chi connectivity index (χ2n) is 4.18. The summed E-state index contributed by atoms with van der Waals surface area (Å²) in [5, 5.41) is 3.36. The van der Waals surface area contributed by atoms with Gasteiger partial charge < -0.3 is 10.1 Å². The van der Waals surface area contributed by atoms with Crippen LogP contribution in [0.2, 0.25) is 5.02 Å². The van der Waals surface area contributed by atoms with Crippen LogP contribution in [0.25, 0.3) is 0 Å². The van der Waals surface area contributed by atoms with Crippen molar-refractivity contribution in [3.63, 3.8) is 0 Å². The highest BCUT2D eigenvalue weighted by Gasteiger charge is 2.20. The lowest BCUT2D eigenvalue weighted by atomic mass is 10.2. The molecule has 2 amide bonds. The summed E-state index contributed by atoms with van der Waals surface area (Å²) >= 11 is 5.90. The lowest BCUT2D eigenvalue weighted by Gasteiger charge is -2.24. The van der Waals surface area contributed by atoms with E-state index >= 15 is 0 Å². The Hall–Kier alpha value is -2.46. The van der Waals surface area contributed by atoms with Crippen molar-refractivity contribution in [2.75, 3.05) is 10.2 Å². The number of para-hydroxylation sites is 2. The van der Waals surface area contributed by atoms with Gasteiger partial charge in [-0.15, -0.1) is 0 Å². The zero-order valence-corrected chi connectivity index (χ0v) is 11.2. The van der Waals surface area contributed by atoms with Crippen LogP contribution in [0.5, 0.6) is 5.75 Å². The molecule has 100 valence electrons. The fraction of sp³-hybridized carbons (Fsp3) is 0. The van der Waals surface area contributed by atoms with Crippen molar-refractivity contribution >= 4 is 29.0 Å². The molecular weight excluding hydrogens is 276 g/mol. The van der Waals surface area contributed by atoms with Crippen LogP contribution in [-0.2, 0) is 0 Å². The molecule has 0 spiro atoms. The molecular formula is C15H11ClN2O2. The number of halogens is 1. The van der Waals surface area contributed by atoms with Gasteiger partial charge in [0.2, 0.25) is 0 Å². The van der Waals surface area contributed by atoms with Gasteiger partial charge in [0.1, 0.15) is 6.26 Å². The Bertz CT molecular complexity index is 685. The molecule has 20 heavy (non-hydrogen) atoms. The van der Waals surface area contributed by atoms with Crippen molar-refractivity contribution in [1.29, 1.82) is 0 Å². The average Bonchev–Trinajstić information content (AvgIpc) is 2.46. The second-order valence-corrected chi connectivity index (χ2v) is 4.62. The number of fused-ring (bicyclic) bond motifs is 1. The van der Waals surface area contributed by atoms with Crippen molar-refractivity contribution in [3.05, 3.63) is 66.0 Å². The first-order valence-electron chi connectivity index (χ1n) is 6.02. The highest BCUT2D eigenvalue weighted by atomic mass is 35.5. The number of nitrogens with zero attached hydrogens (tertiary/aromatic N) is 1. The second kappa shape index (κ2) is 5.27. The van der Waals surface area contributed by atoms with E-state index in [1.807, 2.05) is 18.2 Å². The summed E-state index contributed by atoms with van der Waals surface area (Å²) in [6.45, 7) is 0. The van der Waals surface area contributed by atoms with Gasteiger partial charge in [-0.05, 0) is 30.3 Å². The summed E-state index contributed by atoms with van der Waals surface area (Å²) < 4.78 is 5.35. The molecule has 0 saturated carbocycles. The number of hydrogen-bond donors (Lipinski definition) is 1. The van der Waals surface area contributed by atoms with E-state index in [2.05, 4.69) is 5.32 Å². The molecule has 0 aliphatic carbocycles. The zero-order chi connectivity index (χ0) is 13.9. The maximum Gasteiger partial charge on any atom is 0.330 e. The number of amides is 2. The van der Waals surface area contributed by atoms with Crippen molar-refractivity contribution in [1.82, 2.24) is 0 Å². The SMILES string of the molecule is O=C(Nc1cccc(Cl)c1)N1C=COc2ccccc21. The molecule has 0 unspecified atom stereocenters. The first kappa shape index (κ1) is 12.6. The lowest BCUT2D eigenvalue weighted by Crippen LogP contribution is -2.32. The van der Waals surface area contributed by atoms with Crippen LogP contribution >= 0.6 is 11.6 Å². The van der Waals surface area contributed by atoms with Gasteiger partial charge in [-0.1, -0.05) is 29.8 Å². The van der Waals surface area contributed by atoms with Crippen molar-refractivity contribution in [2.45, 2.75) is 0 Å². The Morgan fingerprint density at radius 1 is 1.15 bits per heavy atom. The minimum Gasteiger partial charge on any atom is -0.461 e. The van der Waals surface area contributed by atoms with E-state index in [1.165, 1.54) is 11.2 Å². The first-order chi connectivity index (χ1) is 9.74. The summed E-state index contributed by atoms with van der Waals surface area (Å²) in [5.74, 6) is 0.635. The summed E-state index contributed by atoms with van der Waals surface area (Å²) in [6, 6.07) is 14.0. The molecule has 0 radical (unpaired) electrons. The lowest BCUT2D eigenvalue weighted by molar-refractivity contribution is 0.258. The minimum absolute atomic E-state index is 0.278. The third kappa shape index (κ3) is 2.46. The van der Waals surface area contributed by atoms with Crippen LogP contribution in [0, 0.1) is 0 Å². The maximum atomic E-state index is 12.3. The monoisotopic (exact) mass is 286 g/mol. The van der Waals surface area contributed by atoms with Crippen LogP contribution in [0.15, 0.2) is 61.0 Å². The highest BCUT2D eigenvalue weighted by Crippen LogP contribution is 2.31. The number of rotatable bonds is 1. The van der Waals surface area contributed by atoms with E-state index in [9.17, 15) is 4.79 Å². The van der Waals surface area contributed by atoms with Crippen molar-refractivity contribution < 1.29 is 9.53 Å². The molecule has 0 saturated heterocycles. The van der Waals surface area contributed by atoms with Gasteiger partial charge in [0, 0.05) is 16.9 Å². The predicted octanol–water partition coefficient (Wildman–Crippen LogP) is 4.24. The summed E-state index contributed by atoms with van der Waals surface area (Å²) in [6.07, 6.45) is 3.04. The largest absolute Gasteiger partial charge is 0.461 e. The third-order valence-corrected chi connectivity index (χ3v) is 3.06. The van der Waals surface area contributed by atoms with Gasteiger partial charge in [0.05, 0.1) is 5.69 Å². The highest BCUT2D eigenvalue weighted by molar-refractivity contribution is 6.30. The smallest absolute Gasteiger partial charge is 0.330 e. The molecule has 0 bridgehead atoms. The molecule has 2 aromatic carbocycles. The van der Waals surface area contributed by atoms with E-state index in [4.69, 9.17) is 16.3 Å². The van der Waals surface area contributed by atoms with Gasteiger partial charge in [-0.25, -0.2) is 4.79 Å². The molecule has 4 nitrogen and oxygen atoms in total. The van der Waals surface area contributed by atoms with E-state index in [-0.39, 0.29) is 6.03 Å². The van der Waals surface area contributed by atoms with Crippen LogP contribution in [0.3, 0.4) is 0 Å². The minimum atomic E-state index is -0.278. The molecule has 3 rings (SSSR count). The van der Waals surface area contributed by atoms with Crippen LogP contribution in [0.4, 0.5) is 16.2 Å². The molecule has 1 aliphatic heterocycles. The molecule has 1 heterocycles. The molecule has 0 fully saturated rings. The number of anilines is 2. The van der Waals surface area contributed by atoms with Crippen molar-refractivity contribution in [3.8, 4) is 5.75 Å². The van der Waals surface area contributed by atoms with Gasteiger partial charge in [-0.2, -0.15) is 0 Å². The Labute approximate surface area is 121 Å². The van der Waals surface area contributed by atoms with Crippen LogP contribution in [-0.4, -0.2) is 6.03 Å².